The average Bonchev–Trinajstić information content (AvgIpc) is 2.76. The summed E-state index contributed by atoms with van der Waals surface area (Å²) in [6, 6.07) is 6.36. The predicted molar refractivity (Wildman–Crippen MR) is 70.1 cm³/mol. The van der Waals surface area contributed by atoms with Gasteiger partial charge in [-0.3, -0.25) is 4.79 Å². The molecular weight excluding hydrogens is 216 g/mol. The highest BCUT2D eigenvalue weighted by atomic mass is 32.2. The third-order valence-electron chi connectivity index (χ3n) is 3.16. The van der Waals surface area contributed by atoms with Gasteiger partial charge in [0, 0.05) is 6.42 Å². The fraction of sp³-hybridized carbons (Fsp3) is 0.500. The van der Waals surface area contributed by atoms with Crippen molar-refractivity contribution in [3.8, 4) is 0 Å². The van der Waals surface area contributed by atoms with Crippen LogP contribution in [0.25, 0.3) is 0 Å². The predicted octanol–water partition coefficient (Wildman–Crippen LogP) is 3.31. The number of aryl methyl sites for hydroxylation is 2. The van der Waals surface area contributed by atoms with E-state index in [1.54, 1.807) is 0 Å². The zero-order valence-electron chi connectivity index (χ0n) is 9.95. The lowest BCUT2D eigenvalue weighted by atomic mass is 9.99. The lowest BCUT2D eigenvalue weighted by Crippen LogP contribution is -2.16. The molecule has 1 saturated heterocycles. The molecule has 2 rings (SSSR count). The minimum Gasteiger partial charge on any atom is -0.298 e. The van der Waals surface area contributed by atoms with E-state index in [0.717, 1.165) is 12.2 Å². The summed E-state index contributed by atoms with van der Waals surface area (Å²) in [5.41, 5.74) is 3.69. The molecule has 1 atom stereocenters. The van der Waals surface area contributed by atoms with Crippen LogP contribution in [0.4, 0.5) is 0 Å². The van der Waals surface area contributed by atoms with E-state index < -0.39 is 0 Å². The van der Waals surface area contributed by atoms with Crippen molar-refractivity contribution in [1.29, 1.82) is 0 Å². The van der Waals surface area contributed by atoms with Gasteiger partial charge in [-0.1, -0.05) is 23.8 Å². The van der Waals surface area contributed by atoms with Gasteiger partial charge < -0.3 is 0 Å². The van der Waals surface area contributed by atoms with Crippen LogP contribution in [0, 0.1) is 13.8 Å². The zero-order chi connectivity index (χ0) is 11.5. The standard InChI is InChI=1S/C14H18OS/c1-10-5-6-11(2)12(8-10)9-13(15)14-4-3-7-16-14/h5-6,8,14H,3-4,7,9H2,1-2H3. The van der Waals surface area contributed by atoms with E-state index in [1.807, 2.05) is 11.8 Å². The van der Waals surface area contributed by atoms with Crippen molar-refractivity contribution in [2.75, 3.05) is 5.75 Å². The van der Waals surface area contributed by atoms with E-state index >= 15 is 0 Å². The first kappa shape index (κ1) is 11.7. The van der Waals surface area contributed by atoms with Crippen molar-refractivity contribution in [3.05, 3.63) is 34.9 Å². The summed E-state index contributed by atoms with van der Waals surface area (Å²) in [7, 11) is 0. The molecule has 0 N–H and O–H groups in total. The van der Waals surface area contributed by atoms with Crippen LogP contribution in [0.5, 0.6) is 0 Å². The van der Waals surface area contributed by atoms with E-state index in [4.69, 9.17) is 0 Å². The molecule has 0 spiro atoms. The molecule has 0 bridgehead atoms. The quantitative estimate of drug-likeness (QED) is 0.798. The van der Waals surface area contributed by atoms with Gasteiger partial charge in [-0.2, -0.15) is 11.8 Å². The molecule has 1 fully saturated rings. The Labute approximate surface area is 102 Å². The Morgan fingerprint density at radius 3 is 2.94 bits per heavy atom. The Kier molecular flexibility index (Phi) is 3.70. The molecule has 1 aliphatic rings. The summed E-state index contributed by atoms with van der Waals surface area (Å²) in [6.45, 7) is 4.17. The molecule has 0 aliphatic carbocycles. The molecule has 16 heavy (non-hydrogen) atoms. The molecule has 2 heteroatoms. The van der Waals surface area contributed by atoms with Crippen molar-refractivity contribution in [1.82, 2.24) is 0 Å². The highest BCUT2D eigenvalue weighted by Gasteiger charge is 2.23. The van der Waals surface area contributed by atoms with Crippen molar-refractivity contribution in [2.45, 2.75) is 38.4 Å². The van der Waals surface area contributed by atoms with Gasteiger partial charge in [0.05, 0.1) is 5.25 Å². The summed E-state index contributed by atoms with van der Waals surface area (Å²) in [4.78, 5) is 12.1. The lowest BCUT2D eigenvalue weighted by Gasteiger charge is -2.10. The van der Waals surface area contributed by atoms with Gasteiger partial charge in [0.1, 0.15) is 5.78 Å². The first-order valence-electron chi connectivity index (χ1n) is 5.87. The largest absolute Gasteiger partial charge is 0.298 e. The number of Topliss-reactive ketones (excluding diaryl/α,β-unsaturated/α-hetero) is 1. The molecule has 1 aromatic carbocycles. The Bertz CT molecular complexity index is 392. The SMILES string of the molecule is Cc1ccc(C)c(CC(=O)C2CCCS2)c1. The fourth-order valence-electron chi connectivity index (χ4n) is 2.12. The van der Waals surface area contributed by atoms with Crippen LogP contribution < -0.4 is 0 Å². The molecule has 0 radical (unpaired) electrons. The van der Waals surface area contributed by atoms with Gasteiger partial charge in [-0.15, -0.1) is 0 Å². The molecule has 0 amide bonds. The normalized spacial score (nSPS) is 20.0. The number of hydrogen-bond acceptors (Lipinski definition) is 2. The lowest BCUT2D eigenvalue weighted by molar-refractivity contribution is -0.117. The number of hydrogen-bond donors (Lipinski definition) is 0. The molecule has 86 valence electrons. The van der Waals surface area contributed by atoms with Crippen LogP contribution in [0.3, 0.4) is 0 Å². The Hall–Kier alpha value is -0.760. The minimum atomic E-state index is 0.264. The van der Waals surface area contributed by atoms with Crippen LogP contribution in [0.15, 0.2) is 18.2 Å². The maximum absolute atomic E-state index is 12.1. The maximum Gasteiger partial charge on any atom is 0.150 e. The maximum atomic E-state index is 12.1. The average molecular weight is 234 g/mol. The highest BCUT2D eigenvalue weighted by molar-refractivity contribution is 8.00. The topological polar surface area (TPSA) is 17.1 Å². The van der Waals surface area contributed by atoms with Crippen molar-refractivity contribution in [2.24, 2.45) is 0 Å². The number of carbonyl (C=O) groups is 1. The van der Waals surface area contributed by atoms with Gasteiger partial charge in [-0.05, 0) is 43.6 Å². The summed E-state index contributed by atoms with van der Waals surface area (Å²) >= 11 is 1.83. The summed E-state index contributed by atoms with van der Waals surface area (Å²) in [6.07, 6.45) is 2.90. The van der Waals surface area contributed by atoms with Crippen LogP contribution in [-0.2, 0) is 11.2 Å². The van der Waals surface area contributed by atoms with Crippen LogP contribution in [-0.4, -0.2) is 16.8 Å². The minimum absolute atomic E-state index is 0.264. The van der Waals surface area contributed by atoms with E-state index in [-0.39, 0.29) is 5.25 Å². The van der Waals surface area contributed by atoms with Crippen LogP contribution in [0.2, 0.25) is 0 Å². The highest BCUT2D eigenvalue weighted by Crippen LogP contribution is 2.28. The first-order chi connectivity index (χ1) is 7.66. The molecule has 1 nitrogen and oxygen atoms in total. The summed E-state index contributed by atoms with van der Waals surface area (Å²) in [5.74, 6) is 1.57. The number of rotatable bonds is 3. The molecule has 1 aromatic rings. The van der Waals surface area contributed by atoms with E-state index in [9.17, 15) is 4.79 Å². The van der Waals surface area contributed by atoms with Crippen LogP contribution >= 0.6 is 11.8 Å². The Balaban J connectivity index is 2.07. The number of ketones is 1. The smallest absolute Gasteiger partial charge is 0.150 e. The number of benzene rings is 1. The third kappa shape index (κ3) is 2.67. The Morgan fingerprint density at radius 1 is 1.44 bits per heavy atom. The molecule has 1 heterocycles. The number of thioether (sulfide) groups is 1. The fourth-order valence-corrected chi connectivity index (χ4v) is 3.34. The van der Waals surface area contributed by atoms with Gasteiger partial charge in [0.25, 0.3) is 0 Å². The zero-order valence-corrected chi connectivity index (χ0v) is 10.8. The van der Waals surface area contributed by atoms with Gasteiger partial charge >= 0.3 is 0 Å². The molecule has 1 unspecified atom stereocenters. The monoisotopic (exact) mass is 234 g/mol. The first-order valence-corrected chi connectivity index (χ1v) is 6.92. The second-order valence-electron chi connectivity index (χ2n) is 4.57. The van der Waals surface area contributed by atoms with Crippen LogP contribution in [0.1, 0.15) is 29.5 Å². The second kappa shape index (κ2) is 5.05. The van der Waals surface area contributed by atoms with Crippen molar-refractivity contribution >= 4 is 17.5 Å². The second-order valence-corrected chi connectivity index (χ2v) is 5.89. The van der Waals surface area contributed by atoms with Gasteiger partial charge in [-0.25, -0.2) is 0 Å². The summed E-state index contributed by atoms with van der Waals surface area (Å²) < 4.78 is 0. The van der Waals surface area contributed by atoms with Crippen molar-refractivity contribution in [3.63, 3.8) is 0 Å². The third-order valence-corrected chi connectivity index (χ3v) is 4.58. The van der Waals surface area contributed by atoms with E-state index in [1.165, 1.54) is 23.1 Å². The van der Waals surface area contributed by atoms with Crippen molar-refractivity contribution < 1.29 is 4.79 Å². The molecule has 0 saturated carbocycles. The van der Waals surface area contributed by atoms with E-state index in [2.05, 4.69) is 32.0 Å². The summed E-state index contributed by atoms with van der Waals surface area (Å²) in [5, 5.41) is 0.264. The number of carbonyl (C=O) groups excluding carboxylic acids is 1. The molecule has 1 aliphatic heterocycles. The van der Waals surface area contributed by atoms with Gasteiger partial charge in [0.15, 0.2) is 0 Å². The molecular formula is C14H18OS. The van der Waals surface area contributed by atoms with Gasteiger partial charge in [0.2, 0.25) is 0 Å². The Morgan fingerprint density at radius 2 is 2.25 bits per heavy atom. The molecule has 0 aromatic heterocycles. The van der Waals surface area contributed by atoms with E-state index in [0.29, 0.717) is 12.2 Å².